The van der Waals surface area contributed by atoms with Gasteiger partial charge in [0.1, 0.15) is 11.2 Å². The molecular weight excluding hydrogens is 653 g/mol. The van der Waals surface area contributed by atoms with E-state index in [1.807, 2.05) is 0 Å². The second-order valence-corrected chi connectivity index (χ2v) is 14.3. The van der Waals surface area contributed by atoms with E-state index in [0.29, 0.717) is 0 Å². The second kappa shape index (κ2) is 12.3. The van der Waals surface area contributed by atoms with Crippen molar-refractivity contribution >= 4 is 65.0 Å². The van der Waals surface area contributed by atoms with Gasteiger partial charge in [-0.25, -0.2) is 0 Å². The minimum atomic E-state index is 0.801. The fourth-order valence-corrected chi connectivity index (χ4v) is 8.99. The van der Waals surface area contributed by atoms with Crippen LogP contribution in [-0.4, -0.2) is 0 Å². The van der Waals surface area contributed by atoms with Crippen LogP contribution in [0.3, 0.4) is 0 Å². The van der Waals surface area contributed by atoms with Gasteiger partial charge in [-0.15, -0.1) is 0 Å². The molecule has 0 aliphatic carbocycles. The number of furan rings is 1. The van der Waals surface area contributed by atoms with Gasteiger partial charge in [0.05, 0.1) is 0 Å². The van der Waals surface area contributed by atoms with Crippen LogP contribution in [0.25, 0.3) is 98.4 Å². The fraction of sp³-hybridized carbons (Fsp3) is 0.0189. The number of para-hydroxylation sites is 1. The lowest BCUT2D eigenvalue weighted by Crippen LogP contribution is -1.98. The molecule has 1 aromatic heterocycles. The summed E-state index contributed by atoms with van der Waals surface area (Å²) in [7, 11) is 0. The van der Waals surface area contributed by atoms with Crippen molar-refractivity contribution in [3.05, 3.63) is 205 Å². The second-order valence-electron chi connectivity index (χ2n) is 14.3. The largest absolute Gasteiger partial charge is 0.455 e. The van der Waals surface area contributed by atoms with Gasteiger partial charge in [0.2, 0.25) is 0 Å². The molecule has 0 aliphatic heterocycles. The predicted molar refractivity (Wildman–Crippen MR) is 229 cm³/mol. The smallest absolute Gasteiger partial charge is 0.143 e. The van der Waals surface area contributed by atoms with Crippen molar-refractivity contribution < 1.29 is 4.42 Å². The summed E-state index contributed by atoms with van der Waals surface area (Å²) < 4.78 is 6.74. The highest BCUT2D eigenvalue weighted by Gasteiger charge is 2.22. The lowest BCUT2D eigenvalue weighted by molar-refractivity contribution is 0.670. The van der Waals surface area contributed by atoms with Crippen LogP contribution in [0.1, 0.15) is 11.1 Å². The van der Waals surface area contributed by atoms with E-state index < -0.39 is 0 Å². The van der Waals surface area contributed by atoms with Gasteiger partial charge in [0.25, 0.3) is 0 Å². The van der Waals surface area contributed by atoms with Crippen LogP contribution in [0.2, 0.25) is 0 Å². The minimum absolute atomic E-state index is 0.801. The van der Waals surface area contributed by atoms with E-state index in [1.54, 1.807) is 0 Å². The van der Waals surface area contributed by atoms with Crippen LogP contribution in [0.15, 0.2) is 199 Å². The first kappa shape index (κ1) is 30.6. The molecule has 0 radical (unpaired) electrons. The van der Waals surface area contributed by atoms with Crippen LogP contribution in [0, 0.1) is 0 Å². The van der Waals surface area contributed by atoms with E-state index in [2.05, 4.69) is 194 Å². The standard InChI is InChI=1S/C53H34O/c1-2-16-34(17-3-1)39-30-31-47(52-46-28-14-15-29-50(46)54-53(39)52)51-44-26-12-10-24-42(44)49(43-25-11-13-27-45(43)51)33-36-19-5-7-21-38(36)48-32-35-18-4-6-20-37(35)40-22-8-9-23-41(40)48/h1-32H,33H2. The van der Waals surface area contributed by atoms with Crippen molar-refractivity contribution in [2.24, 2.45) is 0 Å². The van der Waals surface area contributed by atoms with Crippen molar-refractivity contribution in [2.45, 2.75) is 6.42 Å². The van der Waals surface area contributed by atoms with Crippen molar-refractivity contribution in [2.75, 3.05) is 0 Å². The molecule has 0 saturated heterocycles. The van der Waals surface area contributed by atoms with Gasteiger partial charge in [0, 0.05) is 16.3 Å². The summed E-state index contributed by atoms with van der Waals surface area (Å²) in [5.74, 6) is 0. The van der Waals surface area contributed by atoms with Crippen LogP contribution in [0.5, 0.6) is 0 Å². The SMILES string of the molecule is c1ccc(-c2ccc(-c3c4ccccc4c(Cc4ccccc4-c4cc5ccccc5c5ccccc45)c4ccccc34)c3c2oc2ccccc23)cc1. The molecule has 1 nitrogen and oxygen atoms in total. The Bertz CT molecular complexity index is 3180. The Kier molecular flexibility index (Phi) is 7.00. The zero-order valence-electron chi connectivity index (χ0n) is 29.6. The summed E-state index contributed by atoms with van der Waals surface area (Å²) in [6, 6.07) is 70.6. The van der Waals surface area contributed by atoms with Crippen molar-refractivity contribution in [1.82, 2.24) is 0 Å². The Morgan fingerprint density at radius 2 is 0.907 bits per heavy atom. The van der Waals surface area contributed by atoms with Gasteiger partial charge >= 0.3 is 0 Å². The average Bonchev–Trinajstić information content (AvgIpc) is 3.64. The molecule has 0 N–H and O–H groups in total. The topological polar surface area (TPSA) is 13.1 Å². The summed E-state index contributed by atoms with van der Waals surface area (Å²) in [4.78, 5) is 0. The first-order valence-electron chi connectivity index (χ1n) is 18.7. The van der Waals surface area contributed by atoms with Gasteiger partial charge in [0.15, 0.2) is 0 Å². The first-order valence-corrected chi connectivity index (χ1v) is 18.7. The van der Waals surface area contributed by atoms with E-state index >= 15 is 0 Å². The molecule has 0 spiro atoms. The Morgan fingerprint density at radius 1 is 0.352 bits per heavy atom. The summed E-state index contributed by atoms with van der Waals surface area (Å²) in [6.07, 6.45) is 0.801. The summed E-state index contributed by atoms with van der Waals surface area (Å²) in [5, 5.41) is 12.5. The third-order valence-corrected chi connectivity index (χ3v) is 11.4. The van der Waals surface area contributed by atoms with E-state index in [0.717, 1.165) is 39.5 Å². The third kappa shape index (κ3) is 4.72. The highest BCUT2D eigenvalue weighted by atomic mass is 16.3. The van der Waals surface area contributed by atoms with Gasteiger partial charge in [-0.2, -0.15) is 0 Å². The zero-order chi connectivity index (χ0) is 35.6. The number of fused-ring (bicyclic) bond motifs is 8. The molecule has 0 amide bonds. The van der Waals surface area contributed by atoms with Crippen molar-refractivity contribution in [3.63, 3.8) is 0 Å². The lowest BCUT2D eigenvalue weighted by Gasteiger charge is -2.20. The van der Waals surface area contributed by atoms with E-state index in [1.165, 1.54) is 76.5 Å². The van der Waals surface area contributed by atoms with Crippen LogP contribution in [-0.2, 0) is 6.42 Å². The van der Waals surface area contributed by atoms with Crippen LogP contribution < -0.4 is 0 Å². The van der Waals surface area contributed by atoms with Gasteiger partial charge in [-0.3, -0.25) is 0 Å². The zero-order valence-corrected chi connectivity index (χ0v) is 29.6. The normalized spacial score (nSPS) is 11.8. The molecule has 11 aromatic rings. The summed E-state index contributed by atoms with van der Waals surface area (Å²) in [6.45, 7) is 0. The van der Waals surface area contributed by atoms with E-state index in [4.69, 9.17) is 4.42 Å². The molecule has 252 valence electrons. The van der Waals surface area contributed by atoms with Crippen LogP contribution in [0.4, 0.5) is 0 Å². The number of rotatable bonds is 5. The quantitative estimate of drug-likeness (QED) is 0.130. The molecule has 54 heavy (non-hydrogen) atoms. The predicted octanol–water partition coefficient (Wildman–Crippen LogP) is 14.8. The first-order chi connectivity index (χ1) is 26.8. The molecule has 0 saturated carbocycles. The molecule has 0 atom stereocenters. The maximum atomic E-state index is 6.74. The Hall–Kier alpha value is -6.96. The summed E-state index contributed by atoms with van der Waals surface area (Å²) >= 11 is 0. The highest BCUT2D eigenvalue weighted by molar-refractivity contribution is 6.24. The van der Waals surface area contributed by atoms with Crippen molar-refractivity contribution in [3.8, 4) is 33.4 Å². The Morgan fingerprint density at radius 3 is 1.67 bits per heavy atom. The molecule has 0 fully saturated rings. The van der Waals surface area contributed by atoms with E-state index in [9.17, 15) is 0 Å². The maximum Gasteiger partial charge on any atom is 0.143 e. The monoisotopic (exact) mass is 686 g/mol. The van der Waals surface area contributed by atoms with Gasteiger partial charge in [-0.05, 0) is 107 Å². The van der Waals surface area contributed by atoms with Crippen molar-refractivity contribution in [1.29, 1.82) is 0 Å². The molecule has 0 aliphatic rings. The molecular formula is C53H34O. The average molecular weight is 687 g/mol. The molecule has 10 aromatic carbocycles. The molecule has 11 rings (SSSR count). The van der Waals surface area contributed by atoms with Gasteiger partial charge < -0.3 is 4.42 Å². The number of hydrogen-bond acceptors (Lipinski definition) is 1. The molecule has 1 heteroatoms. The Labute approximate surface area is 313 Å². The maximum absolute atomic E-state index is 6.74. The number of benzene rings is 10. The van der Waals surface area contributed by atoms with E-state index in [-0.39, 0.29) is 0 Å². The molecule has 0 bridgehead atoms. The van der Waals surface area contributed by atoms with Gasteiger partial charge in [-0.1, -0.05) is 176 Å². The lowest BCUT2D eigenvalue weighted by atomic mass is 9.83. The minimum Gasteiger partial charge on any atom is -0.455 e. The van der Waals surface area contributed by atoms with Crippen LogP contribution >= 0.6 is 0 Å². The third-order valence-electron chi connectivity index (χ3n) is 11.4. The molecule has 1 heterocycles. The summed E-state index contributed by atoms with van der Waals surface area (Å²) in [5.41, 5.74) is 11.7. The Balaban J connectivity index is 1.17. The fourth-order valence-electron chi connectivity index (χ4n) is 8.99. The highest BCUT2D eigenvalue weighted by Crippen LogP contribution is 2.47. The molecule has 0 unspecified atom stereocenters. The number of hydrogen-bond donors (Lipinski definition) is 0.